The molecule has 0 heterocycles. The van der Waals surface area contributed by atoms with Crippen LogP contribution >= 0.6 is 0 Å². The maximum Gasteiger partial charge on any atom is 0.339 e. The number of carbonyl (C=O) groups is 3. The number of esters is 3. The molecule has 324 valence electrons. The summed E-state index contributed by atoms with van der Waals surface area (Å²) in [7, 11) is 0. The number of allylic oxidation sites excluding steroid dienone is 6. The third kappa shape index (κ3) is 30.6. The van der Waals surface area contributed by atoms with Crippen molar-refractivity contribution in [1.29, 1.82) is 0 Å². The van der Waals surface area contributed by atoms with Crippen LogP contribution in [0.1, 0.15) is 244 Å². The molecule has 0 radical (unpaired) electrons. The Morgan fingerprint density at radius 1 is 0.368 bits per heavy atom. The van der Waals surface area contributed by atoms with E-state index in [4.69, 9.17) is 14.2 Å². The SMILES string of the molecule is C/C=C/CCCCCCCCCCCOC(=O)c1ccc(C(=O)OCCCCCCCCCCC/C=C/C)c(C(=O)OCCCCCCCCCCC/C=C/C)c1. The molecule has 0 aliphatic carbocycles. The second-order valence-corrected chi connectivity index (χ2v) is 15.8. The summed E-state index contributed by atoms with van der Waals surface area (Å²) in [6, 6.07) is 4.50. The monoisotopic (exact) mass is 793 g/mol. The molecule has 0 spiro atoms. The van der Waals surface area contributed by atoms with Gasteiger partial charge in [0.2, 0.25) is 0 Å². The number of hydrogen-bond acceptors (Lipinski definition) is 6. The van der Waals surface area contributed by atoms with Gasteiger partial charge in [-0.15, -0.1) is 0 Å². The van der Waals surface area contributed by atoms with E-state index < -0.39 is 17.9 Å². The number of benzene rings is 1. The topological polar surface area (TPSA) is 78.9 Å². The minimum Gasteiger partial charge on any atom is -0.462 e. The minimum absolute atomic E-state index is 0.0661. The molecule has 0 atom stereocenters. The second kappa shape index (κ2) is 39.7. The van der Waals surface area contributed by atoms with E-state index in [1.165, 1.54) is 147 Å². The standard InChI is InChI=1S/C51H84O6/c1-4-7-10-13-16-19-22-25-28-31-34-37-42-55-49(52)46-40-41-47(50(53)56-43-38-35-32-29-26-23-20-17-14-11-8-5-2)48(45-46)51(54)57-44-39-36-33-30-27-24-21-18-15-12-9-6-3/h4-9,40-41,45H,10-39,42-44H2,1-3H3/b7-4+,8-5+,9-6+. The maximum atomic E-state index is 13.3. The van der Waals surface area contributed by atoms with Crippen LogP contribution in [-0.2, 0) is 14.2 Å². The van der Waals surface area contributed by atoms with Gasteiger partial charge in [0, 0.05) is 0 Å². The second-order valence-electron chi connectivity index (χ2n) is 15.8. The highest BCUT2D eigenvalue weighted by molar-refractivity contribution is 6.05. The lowest BCUT2D eigenvalue weighted by Gasteiger charge is -2.12. The smallest absolute Gasteiger partial charge is 0.339 e. The first-order chi connectivity index (χ1) is 28.0. The number of unbranched alkanes of at least 4 members (excludes halogenated alkanes) is 27. The Labute approximate surface area is 350 Å². The van der Waals surface area contributed by atoms with E-state index in [2.05, 4.69) is 57.2 Å². The van der Waals surface area contributed by atoms with E-state index in [1.54, 1.807) is 6.07 Å². The van der Waals surface area contributed by atoms with Crippen LogP contribution < -0.4 is 0 Å². The van der Waals surface area contributed by atoms with Crippen LogP contribution in [0.5, 0.6) is 0 Å². The molecule has 6 nitrogen and oxygen atoms in total. The van der Waals surface area contributed by atoms with Crippen LogP contribution in [0.3, 0.4) is 0 Å². The van der Waals surface area contributed by atoms with Crippen molar-refractivity contribution >= 4 is 17.9 Å². The van der Waals surface area contributed by atoms with E-state index in [0.29, 0.717) is 13.2 Å². The van der Waals surface area contributed by atoms with Crippen molar-refractivity contribution in [3.05, 3.63) is 71.3 Å². The van der Waals surface area contributed by atoms with Crippen molar-refractivity contribution in [2.45, 2.75) is 213 Å². The summed E-state index contributed by atoms with van der Waals surface area (Å²) < 4.78 is 16.8. The molecule has 0 unspecified atom stereocenters. The predicted molar refractivity (Wildman–Crippen MR) is 240 cm³/mol. The van der Waals surface area contributed by atoms with Crippen molar-refractivity contribution in [3.63, 3.8) is 0 Å². The van der Waals surface area contributed by atoms with Gasteiger partial charge in [0.05, 0.1) is 36.5 Å². The molecule has 1 aromatic carbocycles. The van der Waals surface area contributed by atoms with E-state index >= 15 is 0 Å². The van der Waals surface area contributed by atoms with Gasteiger partial charge in [0.1, 0.15) is 0 Å². The largest absolute Gasteiger partial charge is 0.462 e. The van der Waals surface area contributed by atoms with Crippen LogP contribution in [0.4, 0.5) is 0 Å². The molecule has 0 N–H and O–H groups in total. The molecule has 0 saturated carbocycles. The first-order valence-corrected chi connectivity index (χ1v) is 23.5. The molecule has 0 aromatic heterocycles. The highest BCUT2D eigenvalue weighted by Crippen LogP contribution is 2.19. The highest BCUT2D eigenvalue weighted by atomic mass is 16.5. The zero-order chi connectivity index (χ0) is 41.3. The Balaban J connectivity index is 2.52. The first kappa shape index (κ1) is 51.9. The van der Waals surface area contributed by atoms with Crippen molar-refractivity contribution in [2.75, 3.05) is 19.8 Å². The zero-order valence-corrected chi connectivity index (χ0v) is 37.0. The molecular weight excluding hydrogens is 709 g/mol. The van der Waals surface area contributed by atoms with Gasteiger partial charge in [0.15, 0.2) is 0 Å². The van der Waals surface area contributed by atoms with Gasteiger partial charge in [-0.1, -0.05) is 171 Å². The fourth-order valence-electron chi connectivity index (χ4n) is 7.06. The summed E-state index contributed by atoms with van der Waals surface area (Å²) in [5.41, 5.74) is 0.443. The molecule has 0 amide bonds. The predicted octanol–water partition coefficient (Wildman–Crippen LogP) is 15.6. The Kier molecular flexibility index (Phi) is 36.1. The fraction of sp³-hybridized carbons (Fsp3) is 0.706. The Morgan fingerprint density at radius 2 is 0.649 bits per heavy atom. The summed E-state index contributed by atoms with van der Waals surface area (Å²) in [6.45, 7) is 7.14. The summed E-state index contributed by atoms with van der Waals surface area (Å²) in [6.07, 6.45) is 48.2. The lowest BCUT2D eigenvalue weighted by atomic mass is 10.0. The average Bonchev–Trinajstić information content (AvgIpc) is 3.22. The number of ether oxygens (including phenoxy) is 3. The maximum absolute atomic E-state index is 13.3. The number of carbonyl (C=O) groups excluding carboxylic acids is 3. The lowest BCUT2D eigenvalue weighted by Crippen LogP contribution is -2.17. The molecule has 0 aliphatic heterocycles. The highest BCUT2D eigenvalue weighted by Gasteiger charge is 2.22. The Bertz CT molecular complexity index is 1210. The molecule has 0 aliphatic rings. The van der Waals surface area contributed by atoms with Gasteiger partial charge < -0.3 is 14.2 Å². The van der Waals surface area contributed by atoms with E-state index in [0.717, 1.165) is 57.8 Å². The summed E-state index contributed by atoms with van der Waals surface area (Å²) in [5.74, 6) is -1.65. The van der Waals surface area contributed by atoms with Gasteiger partial charge >= 0.3 is 17.9 Å². The number of rotatable bonds is 39. The normalized spacial score (nSPS) is 11.6. The van der Waals surface area contributed by atoms with Crippen molar-refractivity contribution in [3.8, 4) is 0 Å². The van der Waals surface area contributed by atoms with Crippen molar-refractivity contribution < 1.29 is 28.6 Å². The van der Waals surface area contributed by atoms with Crippen LogP contribution in [0.2, 0.25) is 0 Å². The average molecular weight is 793 g/mol. The summed E-state index contributed by atoms with van der Waals surface area (Å²) in [4.78, 5) is 39.5. The van der Waals surface area contributed by atoms with Crippen LogP contribution in [-0.4, -0.2) is 37.7 Å². The molecule has 6 heteroatoms. The van der Waals surface area contributed by atoms with E-state index in [1.807, 2.05) is 0 Å². The minimum atomic E-state index is -0.603. The van der Waals surface area contributed by atoms with Crippen LogP contribution in [0.15, 0.2) is 54.7 Å². The molecular formula is C51H84O6. The summed E-state index contributed by atoms with van der Waals surface area (Å²) >= 11 is 0. The van der Waals surface area contributed by atoms with Gasteiger partial charge in [-0.3, -0.25) is 0 Å². The Morgan fingerprint density at radius 3 is 0.982 bits per heavy atom. The molecule has 0 fully saturated rings. The zero-order valence-electron chi connectivity index (χ0n) is 37.0. The molecule has 0 bridgehead atoms. The van der Waals surface area contributed by atoms with Gasteiger partial charge in [0.25, 0.3) is 0 Å². The van der Waals surface area contributed by atoms with Gasteiger partial charge in [-0.25, -0.2) is 14.4 Å². The van der Waals surface area contributed by atoms with Crippen molar-refractivity contribution in [1.82, 2.24) is 0 Å². The number of hydrogen-bond donors (Lipinski definition) is 0. The first-order valence-electron chi connectivity index (χ1n) is 23.5. The fourth-order valence-corrected chi connectivity index (χ4v) is 7.06. The van der Waals surface area contributed by atoms with E-state index in [-0.39, 0.29) is 23.3 Å². The van der Waals surface area contributed by atoms with Crippen LogP contribution in [0.25, 0.3) is 0 Å². The summed E-state index contributed by atoms with van der Waals surface area (Å²) in [5, 5.41) is 0. The molecule has 0 saturated heterocycles. The third-order valence-corrected chi connectivity index (χ3v) is 10.6. The van der Waals surface area contributed by atoms with Gasteiger partial charge in [-0.2, -0.15) is 0 Å². The van der Waals surface area contributed by atoms with E-state index in [9.17, 15) is 14.4 Å². The quantitative estimate of drug-likeness (QED) is 0.0286. The third-order valence-electron chi connectivity index (χ3n) is 10.6. The van der Waals surface area contributed by atoms with Crippen molar-refractivity contribution in [2.24, 2.45) is 0 Å². The molecule has 1 rings (SSSR count). The lowest BCUT2D eigenvalue weighted by molar-refractivity contribution is 0.0447. The molecule has 57 heavy (non-hydrogen) atoms. The molecule has 1 aromatic rings. The van der Waals surface area contributed by atoms with Gasteiger partial charge in [-0.05, 0) is 96.8 Å². The van der Waals surface area contributed by atoms with Crippen LogP contribution in [0, 0.1) is 0 Å². The Hall–Kier alpha value is -3.15.